The van der Waals surface area contributed by atoms with Crippen LogP contribution in [0.4, 0.5) is 0 Å². The van der Waals surface area contributed by atoms with Gasteiger partial charge in [0.1, 0.15) is 54.2 Å². The van der Waals surface area contributed by atoms with E-state index < -0.39 is 90.7 Å². The summed E-state index contributed by atoms with van der Waals surface area (Å²) < 4.78 is 27.6. The van der Waals surface area contributed by atoms with Crippen molar-refractivity contribution in [2.24, 2.45) is 0 Å². The van der Waals surface area contributed by atoms with E-state index in [0.717, 1.165) is 12.1 Å². The van der Waals surface area contributed by atoms with Crippen molar-refractivity contribution in [2.75, 3.05) is 6.61 Å². The van der Waals surface area contributed by atoms with Crippen molar-refractivity contribution in [3.8, 4) is 34.3 Å². The Hall–Kier alpha value is -3.51. The molecule has 0 bridgehead atoms. The van der Waals surface area contributed by atoms with Crippen LogP contribution in [0.5, 0.6) is 23.0 Å². The fourth-order valence-electron chi connectivity index (χ4n) is 4.85. The van der Waals surface area contributed by atoms with E-state index in [1.54, 1.807) is 0 Å². The van der Waals surface area contributed by atoms with Crippen molar-refractivity contribution in [3.05, 3.63) is 46.6 Å². The van der Waals surface area contributed by atoms with Crippen molar-refractivity contribution in [1.82, 2.24) is 0 Å². The molecule has 1 aromatic heterocycles. The second-order valence-electron chi connectivity index (χ2n) is 10.1. The number of fused-ring (bicyclic) bond motifs is 1. The first-order valence-electron chi connectivity index (χ1n) is 12.9. The molecule has 10 atom stereocenters. The SMILES string of the molecule is CC1OC(Oc2cc3c(=O)cc(-c4ccc(O)cc4)oc3c(O)c2O)C(O)C(O)C1OC1OC(CO)C(O)C(O)C1O. The van der Waals surface area contributed by atoms with Gasteiger partial charge in [0.15, 0.2) is 23.1 Å². The second-order valence-corrected chi connectivity index (χ2v) is 10.1. The van der Waals surface area contributed by atoms with Crippen LogP contribution in [-0.2, 0) is 14.2 Å². The predicted octanol–water partition coefficient (Wildman–Crippen LogP) is -1.39. The summed E-state index contributed by atoms with van der Waals surface area (Å²) in [6.45, 7) is 0.707. The summed E-state index contributed by atoms with van der Waals surface area (Å²) in [5.74, 6) is -2.15. The zero-order chi connectivity index (χ0) is 30.5. The van der Waals surface area contributed by atoms with Crippen LogP contribution in [0.15, 0.2) is 45.6 Å². The maximum absolute atomic E-state index is 12.9. The monoisotopic (exact) mass is 594 g/mol. The third kappa shape index (κ3) is 5.37. The minimum atomic E-state index is -1.85. The lowest BCUT2D eigenvalue weighted by atomic mass is 9.97. The molecule has 10 unspecified atom stereocenters. The molecule has 15 heteroatoms. The largest absolute Gasteiger partial charge is 0.508 e. The Morgan fingerprint density at radius 3 is 2.14 bits per heavy atom. The average Bonchev–Trinajstić information content (AvgIpc) is 2.97. The summed E-state index contributed by atoms with van der Waals surface area (Å²) in [6, 6.07) is 7.90. The van der Waals surface area contributed by atoms with Gasteiger partial charge in [0.2, 0.25) is 17.8 Å². The fraction of sp³-hybridized carbons (Fsp3) is 0.444. The molecule has 228 valence electrons. The number of phenols is 3. The summed E-state index contributed by atoms with van der Waals surface area (Å²) in [7, 11) is 0. The topological polar surface area (TPSA) is 249 Å². The molecule has 5 rings (SSSR count). The smallest absolute Gasteiger partial charge is 0.229 e. The normalized spacial score (nSPS) is 33.5. The van der Waals surface area contributed by atoms with E-state index in [9.17, 15) is 50.8 Å². The highest BCUT2D eigenvalue weighted by molar-refractivity contribution is 5.88. The summed E-state index contributed by atoms with van der Waals surface area (Å²) in [4.78, 5) is 12.9. The van der Waals surface area contributed by atoms with E-state index in [1.165, 1.54) is 31.2 Å². The first kappa shape index (κ1) is 30.0. The summed E-state index contributed by atoms with van der Waals surface area (Å²) in [6.07, 6.45) is -15.7. The van der Waals surface area contributed by atoms with Gasteiger partial charge in [-0.05, 0) is 37.3 Å². The van der Waals surface area contributed by atoms with Gasteiger partial charge in [-0.1, -0.05) is 0 Å². The standard InChI is InChI=1S/C27H30O15/c1-9-24(42-27-22(36)19(33)18(32)16(8-28)41-27)21(35)23(37)26(38-9)40-15-6-12-13(30)7-14(10-2-4-11(29)5-3-10)39-25(12)20(34)17(15)31/h2-7,9,16,18-19,21-24,26-29,31-37H,8H2,1H3. The predicted molar refractivity (Wildman–Crippen MR) is 139 cm³/mol. The number of phenolic OH excluding ortho intramolecular Hbond substituents is 3. The number of ether oxygens (including phenoxy) is 4. The molecule has 3 aromatic rings. The van der Waals surface area contributed by atoms with Crippen LogP contribution in [0.25, 0.3) is 22.3 Å². The van der Waals surface area contributed by atoms with Crippen LogP contribution in [0.1, 0.15) is 6.92 Å². The highest BCUT2D eigenvalue weighted by Gasteiger charge is 2.50. The highest BCUT2D eigenvalue weighted by atomic mass is 16.7. The van der Waals surface area contributed by atoms with Crippen LogP contribution in [0, 0.1) is 0 Å². The fourth-order valence-corrected chi connectivity index (χ4v) is 4.85. The summed E-state index contributed by atoms with van der Waals surface area (Å²) in [5, 5.41) is 91.6. The summed E-state index contributed by atoms with van der Waals surface area (Å²) >= 11 is 0. The van der Waals surface area contributed by atoms with Gasteiger partial charge in [-0.2, -0.15) is 0 Å². The molecule has 15 nitrogen and oxygen atoms in total. The number of aliphatic hydroxyl groups excluding tert-OH is 6. The highest BCUT2D eigenvalue weighted by Crippen LogP contribution is 2.43. The maximum Gasteiger partial charge on any atom is 0.229 e. The Bertz CT molecular complexity index is 1470. The molecule has 0 radical (unpaired) electrons. The molecular weight excluding hydrogens is 564 g/mol. The number of hydrogen-bond donors (Lipinski definition) is 9. The Kier molecular flexibility index (Phi) is 8.30. The average molecular weight is 595 g/mol. The van der Waals surface area contributed by atoms with Gasteiger partial charge in [0, 0.05) is 11.6 Å². The molecule has 0 aliphatic carbocycles. The molecule has 2 aliphatic heterocycles. The van der Waals surface area contributed by atoms with E-state index in [2.05, 4.69) is 0 Å². The van der Waals surface area contributed by atoms with Gasteiger partial charge in [-0.15, -0.1) is 0 Å². The first-order chi connectivity index (χ1) is 19.9. The van der Waals surface area contributed by atoms with E-state index in [-0.39, 0.29) is 22.5 Å². The van der Waals surface area contributed by atoms with Gasteiger partial charge >= 0.3 is 0 Å². The third-order valence-corrected chi connectivity index (χ3v) is 7.24. The Morgan fingerprint density at radius 1 is 0.810 bits per heavy atom. The van der Waals surface area contributed by atoms with Crippen LogP contribution >= 0.6 is 0 Å². The molecular formula is C27H30O15. The lowest BCUT2D eigenvalue weighted by Crippen LogP contribution is -2.64. The van der Waals surface area contributed by atoms with Crippen molar-refractivity contribution in [1.29, 1.82) is 0 Å². The van der Waals surface area contributed by atoms with Crippen molar-refractivity contribution < 1.29 is 69.3 Å². The zero-order valence-electron chi connectivity index (χ0n) is 21.9. The second kappa shape index (κ2) is 11.6. The third-order valence-electron chi connectivity index (χ3n) is 7.24. The van der Waals surface area contributed by atoms with Crippen molar-refractivity contribution in [3.63, 3.8) is 0 Å². The molecule has 2 saturated heterocycles. The number of hydrogen-bond acceptors (Lipinski definition) is 15. The molecule has 0 saturated carbocycles. The van der Waals surface area contributed by atoms with Gasteiger partial charge < -0.3 is 69.3 Å². The number of aliphatic hydroxyl groups is 6. The molecule has 2 fully saturated rings. The van der Waals surface area contributed by atoms with Crippen LogP contribution < -0.4 is 10.2 Å². The Labute approximate surface area is 236 Å². The van der Waals surface area contributed by atoms with Crippen LogP contribution in [0.2, 0.25) is 0 Å². The van der Waals surface area contributed by atoms with Gasteiger partial charge in [0.25, 0.3) is 0 Å². The molecule has 3 heterocycles. The van der Waals surface area contributed by atoms with Gasteiger partial charge in [-0.3, -0.25) is 4.79 Å². The maximum atomic E-state index is 12.9. The minimum Gasteiger partial charge on any atom is -0.508 e. The molecule has 0 amide bonds. The zero-order valence-corrected chi connectivity index (χ0v) is 21.9. The van der Waals surface area contributed by atoms with Gasteiger partial charge in [-0.25, -0.2) is 0 Å². The Balaban J connectivity index is 1.36. The lowest BCUT2D eigenvalue weighted by Gasteiger charge is -2.45. The van der Waals surface area contributed by atoms with E-state index >= 15 is 0 Å². The molecule has 9 N–H and O–H groups in total. The van der Waals surface area contributed by atoms with Crippen LogP contribution in [-0.4, -0.2) is 114 Å². The van der Waals surface area contributed by atoms with E-state index in [4.69, 9.17) is 23.4 Å². The lowest BCUT2D eigenvalue weighted by molar-refractivity contribution is -0.348. The van der Waals surface area contributed by atoms with Crippen LogP contribution in [0.3, 0.4) is 0 Å². The molecule has 42 heavy (non-hydrogen) atoms. The number of benzene rings is 2. The first-order valence-corrected chi connectivity index (χ1v) is 12.9. The molecule has 0 spiro atoms. The summed E-state index contributed by atoms with van der Waals surface area (Å²) in [5.41, 5.74) is -0.568. The van der Waals surface area contributed by atoms with Crippen molar-refractivity contribution in [2.45, 2.75) is 68.3 Å². The van der Waals surface area contributed by atoms with Gasteiger partial charge in [0.05, 0.1) is 18.1 Å². The van der Waals surface area contributed by atoms with Crippen molar-refractivity contribution >= 4 is 11.0 Å². The van der Waals surface area contributed by atoms with E-state index in [1.807, 2.05) is 0 Å². The number of rotatable bonds is 6. The number of aromatic hydroxyl groups is 3. The minimum absolute atomic E-state index is 0.0116. The Morgan fingerprint density at radius 2 is 1.48 bits per heavy atom. The van der Waals surface area contributed by atoms with E-state index in [0.29, 0.717) is 5.56 Å². The molecule has 2 aromatic carbocycles. The molecule has 2 aliphatic rings. The quantitative estimate of drug-likeness (QED) is 0.149.